The summed E-state index contributed by atoms with van der Waals surface area (Å²) in [6.45, 7) is 4.03. The summed E-state index contributed by atoms with van der Waals surface area (Å²) in [5.74, 6) is -1.05. The third-order valence-corrected chi connectivity index (χ3v) is 6.05. The highest BCUT2D eigenvalue weighted by atomic mass is 35.5. The fourth-order valence-corrected chi connectivity index (χ4v) is 4.15. The summed E-state index contributed by atoms with van der Waals surface area (Å²) in [6.07, 6.45) is 2.01. The highest BCUT2D eigenvalue weighted by molar-refractivity contribution is 6.30. The first-order valence-electron chi connectivity index (χ1n) is 10.8. The minimum Gasteiger partial charge on any atom is -0.322 e. The van der Waals surface area contributed by atoms with Crippen molar-refractivity contribution in [2.24, 2.45) is 5.92 Å². The number of urea groups is 1. The van der Waals surface area contributed by atoms with Crippen LogP contribution < -0.4 is 16.2 Å². The van der Waals surface area contributed by atoms with Gasteiger partial charge in [0.05, 0.1) is 11.4 Å². The largest absolute Gasteiger partial charge is 0.322 e. The lowest BCUT2D eigenvalue weighted by Crippen LogP contribution is -2.45. The molecule has 0 unspecified atom stereocenters. The van der Waals surface area contributed by atoms with E-state index < -0.39 is 23.8 Å². The molecule has 3 amide bonds. The molecule has 1 aromatic heterocycles. The predicted molar refractivity (Wildman–Crippen MR) is 130 cm³/mol. The van der Waals surface area contributed by atoms with Crippen molar-refractivity contribution < 1.29 is 14.0 Å². The van der Waals surface area contributed by atoms with E-state index in [0.29, 0.717) is 34.9 Å². The van der Waals surface area contributed by atoms with Crippen LogP contribution in [0, 0.1) is 18.7 Å². The van der Waals surface area contributed by atoms with E-state index in [2.05, 4.69) is 10.6 Å². The van der Waals surface area contributed by atoms with Crippen LogP contribution in [0.5, 0.6) is 0 Å². The highest BCUT2D eigenvalue weighted by Gasteiger charge is 2.38. The summed E-state index contributed by atoms with van der Waals surface area (Å²) in [5.41, 5.74) is 1.17. The monoisotopic (exact) mass is 482 g/mol. The number of aryl methyl sites for hydroxylation is 1. The van der Waals surface area contributed by atoms with Crippen molar-refractivity contribution in [3.8, 4) is 5.69 Å². The van der Waals surface area contributed by atoms with E-state index in [-0.39, 0.29) is 17.2 Å². The number of benzene rings is 2. The number of nitrogens with one attached hydrogen (secondary N) is 2. The van der Waals surface area contributed by atoms with Crippen LogP contribution >= 0.6 is 11.6 Å². The minimum absolute atomic E-state index is 0.0212. The summed E-state index contributed by atoms with van der Waals surface area (Å²) < 4.78 is 16.2. The third kappa shape index (κ3) is 4.97. The van der Waals surface area contributed by atoms with Crippen LogP contribution in [-0.2, 0) is 4.79 Å². The van der Waals surface area contributed by atoms with Crippen LogP contribution in [0.2, 0.25) is 5.02 Å². The summed E-state index contributed by atoms with van der Waals surface area (Å²) >= 11 is 5.88. The Morgan fingerprint density at radius 3 is 2.53 bits per heavy atom. The van der Waals surface area contributed by atoms with Gasteiger partial charge in [-0.25, -0.2) is 9.18 Å². The molecule has 176 valence electrons. The zero-order valence-electron chi connectivity index (χ0n) is 18.7. The number of pyridine rings is 1. The Bertz CT molecular complexity index is 1290. The average Bonchev–Trinajstić information content (AvgIpc) is 3.20. The van der Waals surface area contributed by atoms with Gasteiger partial charge in [0, 0.05) is 35.1 Å². The van der Waals surface area contributed by atoms with Gasteiger partial charge in [0.15, 0.2) is 0 Å². The number of halogens is 2. The zero-order valence-corrected chi connectivity index (χ0v) is 19.5. The van der Waals surface area contributed by atoms with Gasteiger partial charge in [0.2, 0.25) is 5.91 Å². The second kappa shape index (κ2) is 9.69. The van der Waals surface area contributed by atoms with Crippen LogP contribution in [0.25, 0.3) is 5.69 Å². The number of hydrogen-bond donors (Lipinski definition) is 2. The number of anilines is 2. The second-order valence-corrected chi connectivity index (χ2v) is 8.90. The molecule has 0 bridgehead atoms. The molecular formula is C25H24ClFN4O3. The first kappa shape index (κ1) is 23.5. The molecule has 1 aliphatic heterocycles. The summed E-state index contributed by atoms with van der Waals surface area (Å²) in [5, 5.41) is 5.91. The quantitative estimate of drug-likeness (QED) is 0.559. The summed E-state index contributed by atoms with van der Waals surface area (Å²) in [6, 6.07) is 13.0. The van der Waals surface area contributed by atoms with Gasteiger partial charge in [-0.2, -0.15) is 0 Å². The molecule has 0 saturated carbocycles. The van der Waals surface area contributed by atoms with E-state index in [9.17, 15) is 18.8 Å². The Morgan fingerprint density at radius 2 is 1.82 bits per heavy atom. The number of nitrogens with zero attached hydrogens (tertiary/aromatic N) is 2. The molecule has 1 saturated heterocycles. The molecule has 4 rings (SSSR count). The van der Waals surface area contributed by atoms with Crippen molar-refractivity contribution in [2.75, 3.05) is 17.2 Å². The Kier molecular flexibility index (Phi) is 6.70. The molecule has 1 aliphatic rings. The van der Waals surface area contributed by atoms with Crippen molar-refractivity contribution >= 4 is 34.9 Å². The van der Waals surface area contributed by atoms with Crippen molar-refractivity contribution in [1.29, 1.82) is 0 Å². The lowest BCUT2D eigenvalue weighted by Gasteiger charge is -2.24. The smallest absolute Gasteiger partial charge is 0.322 e. The molecule has 2 N–H and O–H groups in total. The Balaban J connectivity index is 1.49. The minimum atomic E-state index is -0.749. The zero-order chi connectivity index (χ0) is 24.4. The van der Waals surface area contributed by atoms with Gasteiger partial charge in [-0.3, -0.25) is 14.2 Å². The maximum absolute atomic E-state index is 14.8. The van der Waals surface area contributed by atoms with Crippen molar-refractivity contribution in [3.05, 3.63) is 87.6 Å². The lowest BCUT2D eigenvalue weighted by atomic mass is 10.1. The summed E-state index contributed by atoms with van der Waals surface area (Å²) in [4.78, 5) is 39.6. The van der Waals surface area contributed by atoms with Gasteiger partial charge in [0.25, 0.3) is 5.56 Å². The standard InChI is InChI=1S/C25H24ClFN4O3/c1-15-12-22(31(14-15)25(34)28-18-7-5-17(26)6-8-18)23(32)29-21-10-9-19(13-20(21)27)30-11-3-4-16(2)24(30)33/h3-11,13,15,22H,12,14H2,1-2H3,(H,28,34)(H,29,32)/t15-,22-/m1/s1. The summed E-state index contributed by atoms with van der Waals surface area (Å²) in [7, 11) is 0. The number of likely N-dealkylation sites (tertiary alicyclic amines) is 1. The van der Waals surface area contributed by atoms with Gasteiger partial charge in [-0.1, -0.05) is 24.6 Å². The SMILES string of the molecule is Cc1cccn(-c2ccc(NC(=O)[C@H]3C[C@@H](C)CN3C(=O)Nc3ccc(Cl)cc3)c(F)c2)c1=O. The van der Waals surface area contributed by atoms with Crippen LogP contribution in [0.3, 0.4) is 0 Å². The van der Waals surface area contributed by atoms with E-state index in [1.165, 1.54) is 21.6 Å². The molecule has 1 fully saturated rings. The number of amides is 3. The van der Waals surface area contributed by atoms with Gasteiger partial charge in [0.1, 0.15) is 11.9 Å². The van der Waals surface area contributed by atoms with Crippen molar-refractivity contribution in [3.63, 3.8) is 0 Å². The maximum Gasteiger partial charge on any atom is 0.322 e. The van der Waals surface area contributed by atoms with Crippen molar-refractivity contribution in [2.45, 2.75) is 26.3 Å². The molecule has 3 aromatic rings. The normalized spacial score (nSPS) is 17.5. The molecule has 0 spiro atoms. The average molecular weight is 483 g/mol. The van der Waals surface area contributed by atoms with E-state index in [1.807, 2.05) is 6.92 Å². The Labute approximate surface area is 201 Å². The van der Waals surface area contributed by atoms with Gasteiger partial charge in [-0.15, -0.1) is 0 Å². The van der Waals surface area contributed by atoms with E-state index in [0.717, 1.165) is 0 Å². The molecule has 2 atom stereocenters. The molecular weight excluding hydrogens is 459 g/mol. The Morgan fingerprint density at radius 1 is 1.09 bits per heavy atom. The fraction of sp³-hybridized carbons (Fsp3) is 0.240. The first-order chi connectivity index (χ1) is 16.2. The van der Waals surface area contributed by atoms with Gasteiger partial charge >= 0.3 is 6.03 Å². The predicted octanol–water partition coefficient (Wildman–Crippen LogP) is 4.82. The molecule has 34 heavy (non-hydrogen) atoms. The van der Waals surface area contributed by atoms with Crippen molar-refractivity contribution in [1.82, 2.24) is 9.47 Å². The maximum atomic E-state index is 14.8. The highest BCUT2D eigenvalue weighted by Crippen LogP contribution is 2.26. The first-order valence-corrected chi connectivity index (χ1v) is 11.2. The number of carbonyl (C=O) groups is 2. The van der Waals surface area contributed by atoms with Crippen LogP contribution in [0.15, 0.2) is 65.6 Å². The van der Waals surface area contributed by atoms with Gasteiger partial charge < -0.3 is 15.5 Å². The molecule has 9 heteroatoms. The number of aromatic nitrogens is 1. The fourth-order valence-electron chi connectivity index (χ4n) is 4.02. The molecule has 0 aliphatic carbocycles. The number of hydrogen-bond acceptors (Lipinski definition) is 3. The number of rotatable bonds is 4. The topological polar surface area (TPSA) is 83.4 Å². The second-order valence-electron chi connectivity index (χ2n) is 8.47. The van der Waals surface area contributed by atoms with Crippen LogP contribution in [0.4, 0.5) is 20.6 Å². The molecule has 2 aromatic carbocycles. The van der Waals surface area contributed by atoms with Crippen LogP contribution in [-0.4, -0.2) is 34.0 Å². The van der Waals surface area contributed by atoms with E-state index >= 15 is 0 Å². The van der Waals surface area contributed by atoms with E-state index in [1.54, 1.807) is 55.6 Å². The van der Waals surface area contributed by atoms with Gasteiger partial charge in [-0.05, 0) is 61.7 Å². The molecule has 7 nitrogen and oxygen atoms in total. The number of carbonyl (C=O) groups excluding carboxylic acids is 2. The van der Waals surface area contributed by atoms with E-state index in [4.69, 9.17) is 11.6 Å². The Hall–Kier alpha value is -3.65. The van der Waals surface area contributed by atoms with Crippen LogP contribution in [0.1, 0.15) is 18.9 Å². The third-order valence-electron chi connectivity index (χ3n) is 5.80. The molecule has 2 heterocycles. The molecule has 0 radical (unpaired) electrons. The lowest BCUT2D eigenvalue weighted by molar-refractivity contribution is -0.119.